The highest BCUT2D eigenvalue weighted by molar-refractivity contribution is 5.94. The van der Waals surface area contributed by atoms with Gasteiger partial charge in [0.25, 0.3) is 11.6 Å². The van der Waals surface area contributed by atoms with Crippen LogP contribution in [0.5, 0.6) is 0 Å². The van der Waals surface area contributed by atoms with E-state index in [1.807, 2.05) is 27.7 Å². The Labute approximate surface area is 141 Å². The Morgan fingerprint density at radius 2 is 1.67 bits per heavy atom. The Bertz CT molecular complexity index is 632. The van der Waals surface area contributed by atoms with Crippen molar-refractivity contribution in [1.82, 2.24) is 4.90 Å². The van der Waals surface area contributed by atoms with Gasteiger partial charge in [-0.1, -0.05) is 6.07 Å². The molecule has 0 aliphatic carbocycles. The number of nitro benzene ring substituents is 1. The van der Waals surface area contributed by atoms with Gasteiger partial charge in [-0.05, 0) is 47.6 Å². The van der Waals surface area contributed by atoms with E-state index in [1.165, 1.54) is 32.0 Å². The molecule has 24 heavy (non-hydrogen) atoms. The van der Waals surface area contributed by atoms with Crippen LogP contribution in [-0.4, -0.2) is 39.9 Å². The Kier molecular flexibility index (Phi) is 6.45. The van der Waals surface area contributed by atoms with E-state index in [9.17, 15) is 19.7 Å². The normalized spacial score (nSPS) is 12.2. The molecule has 1 aromatic carbocycles. The van der Waals surface area contributed by atoms with Gasteiger partial charge in [-0.25, -0.2) is 4.79 Å². The molecule has 0 fully saturated rings. The van der Waals surface area contributed by atoms with Gasteiger partial charge in [0, 0.05) is 23.7 Å². The molecule has 0 heterocycles. The maximum atomic E-state index is 12.5. The van der Waals surface area contributed by atoms with Gasteiger partial charge in [0.2, 0.25) is 0 Å². The third kappa shape index (κ3) is 4.31. The van der Waals surface area contributed by atoms with E-state index in [-0.39, 0.29) is 34.8 Å². The smallest absolute Gasteiger partial charge is 0.339 e. The maximum Gasteiger partial charge on any atom is 0.339 e. The van der Waals surface area contributed by atoms with Crippen LogP contribution in [0.4, 0.5) is 5.69 Å². The summed E-state index contributed by atoms with van der Waals surface area (Å²) in [6, 6.07) is 4.13. The van der Waals surface area contributed by atoms with E-state index >= 15 is 0 Å². The number of amides is 1. The second-order valence-electron chi connectivity index (χ2n) is 6.19. The molecule has 0 aromatic heterocycles. The van der Waals surface area contributed by atoms with Crippen LogP contribution in [-0.2, 0) is 9.53 Å². The zero-order valence-corrected chi connectivity index (χ0v) is 14.9. The summed E-state index contributed by atoms with van der Waals surface area (Å²) in [5, 5.41) is 11.0. The monoisotopic (exact) mass is 336 g/mol. The van der Waals surface area contributed by atoms with E-state index in [4.69, 9.17) is 4.74 Å². The summed E-state index contributed by atoms with van der Waals surface area (Å²) in [4.78, 5) is 36.8. The molecular weight excluding hydrogens is 312 g/mol. The van der Waals surface area contributed by atoms with Crippen molar-refractivity contribution in [2.24, 2.45) is 0 Å². The first kappa shape index (κ1) is 19.6. The zero-order valence-electron chi connectivity index (χ0n) is 14.9. The van der Waals surface area contributed by atoms with E-state index in [1.54, 1.807) is 4.90 Å². The Balaban J connectivity index is 2.97. The van der Waals surface area contributed by atoms with Crippen molar-refractivity contribution < 1.29 is 19.2 Å². The number of hydrogen-bond acceptors (Lipinski definition) is 5. The lowest BCUT2D eigenvalue weighted by molar-refractivity contribution is -0.385. The second kappa shape index (κ2) is 7.90. The summed E-state index contributed by atoms with van der Waals surface area (Å²) < 4.78 is 5.24. The molecule has 7 nitrogen and oxygen atoms in total. The zero-order chi connectivity index (χ0) is 18.6. The number of nitro groups is 1. The Hall–Kier alpha value is -2.44. The van der Waals surface area contributed by atoms with Gasteiger partial charge in [-0.2, -0.15) is 0 Å². The minimum Gasteiger partial charge on any atom is -0.449 e. The standard InChI is InChI=1S/C17H24N2O5/c1-10(2)18(11(3)4)16(20)13(6)24-17(21)14-8-7-9-15(12(14)5)19(22)23/h7-11,13H,1-6H3. The van der Waals surface area contributed by atoms with Crippen LogP contribution in [0.25, 0.3) is 0 Å². The number of carbonyl (C=O) groups is 2. The molecule has 0 spiro atoms. The number of hydrogen-bond donors (Lipinski definition) is 0. The van der Waals surface area contributed by atoms with Crippen LogP contribution >= 0.6 is 0 Å². The van der Waals surface area contributed by atoms with E-state index < -0.39 is 17.0 Å². The highest BCUT2D eigenvalue weighted by Crippen LogP contribution is 2.22. The topological polar surface area (TPSA) is 89.8 Å². The molecule has 1 amide bonds. The van der Waals surface area contributed by atoms with Crippen LogP contribution in [0.15, 0.2) is 18.2 Å². The fourth-order valence-electron chi connectivity index (χ4n) is 2.63. The van der Waals surface area contributed by atoms with E-state index in [0.29, 0.717) is 0 Å². The van der Waals surface area contributed by atoms with Crippen molar-refractivity contribution in [3.8, 4) is 0 Å². The average molecular weight is 336 g/mol. The van der Waals surface area contributed by atoms with E-state index in [0.717, 1.165) is 0 Å². The molecule has 0 aliphatic heterocycles. The first-order chi connectivity index (χ1) is 11.1. The van der Waals surface area contributed by atoms with Gasteiger partial charge in [0.1, 0.15) is 0 Å². The van der Waals surface area contributed by atoms with Crippen molar-refractivity contribution in [1.29, 1.82) is 0 Å². The van der Waals surface area contributed by atoms with Gasteiger partial charge in [-0.15, -0.1) is 0 Å². The van der Waals surface area contributed by atoms with Crippen molar-refractivity contribution in [3.05, 3.63) is 39.4 Å². The van der Waals surface area contributed by atoms with Crippen LogP contribution < -0.4 is 0 Å². The third-order valence-corrected chi connectivity index (χ3v) is 3.72. The first-order valence-corrected chi connectivity index (χ1v) is 7.85. The van der Waals surface area contributed by atoms with Crippen LogP contribution in [0.3, 0.4) is 0 Å². The number of rotatable bonds is 6. The lowest BCUT2D eigenvalue weighted by Crippen LogP contribution is -2.47. The number of ether oxygens (including phenoxy) is 1. The highest BCUT2D eigenvalue weighted by Gasteiger charge is 2.29. The lowest BCUT2D eigenvalue weighted by atomic mass is 10.1. The first-order valence-electron chi connectivity index (χ1n) is 7.85. The number of benzene rings is 1. The lowest BCUT2D eigenvalue weighted by Gasteiger charge is -2.32. The molecule has 1 unspecified atom stereocenters. The molecule has 7 heteroatoms. The molecule has 1 aromatic rings. The fraction of sp³-hybridized carbons (Fsp3) is 0.529. The molecule has 0 radical (unpaired) electrons. The van der Waals surface area contributed by atoms with Gasteiger partial charge < -0.3 is 9.64 Å². The Morgan fingerprint density at radius 1 is 1.12 bits per heavy atom. The molecule has 0 aliphatic rings. The largest absolute Gasteiger partial charge is 0.449 e. The SMILES string of the molecule is Cc1c(C(=O)OC(C)C(=O)N(C(C)C)C(C)C)cccc1[N+](=O)[O-]. The summed E-state index contributed by atoms with van der Waals surface area (Å²) >= 11 is 0. The summed E-state index contributed by atoms with van der Waals surface area (Å²) in [5.41, 5.74) is 0.149. The van der Waals surface area contributed by atoms with Gasteiger partial charge in [0.15, 0.2) is 6.10 Å². The summed E-state index contributed by atoms with van der Waals surface area (Å²) in [7, 11) is 0. The minimum atomic E-state index is -0.971. The number of nitrogens with zero attached hydrogens (tertiary/aromatic N) is 2. The average Bonchev–Trinajstić information content (AvgIpc) is 2.45. The molecule has 0 N–H and O–H groups in total. The van der Waals surface area contributed by atoms with Crippen molar-refractivity contribution in [2.45, 2.75) is 59.7 Å². The summed E-state index contributed by atoms with van der Waals surface area (Å²) in [6.07, 6.45) is -0.971. The van der Waals surface area contributed by atoms with Gasteiger partial charge in [-0.3, -0.25) is 14.9 Å². The predicted octanol–water partition coefficient (Wildman–Crippen LogP) is 3.09. The van der Waals surface area contributed by atoms with Gasteiger partial charge in [0.05, 0.1) is 10.5 Å². The van der Waals surface area contributed by atoms with Crippen molar-refractivity contribution >= 4 is 17.6 Å². The molecule has 0 bridgehead atoms. The van der Waals surface area contributed by atoms with Crippen molar-refractivity contribution in [2.75, 3.05) is 0 Å². The summed E-state index contributed by atoms with van der Waals surface area (Å²) in [5.74, 6) is -1.04. The number of carbonyl (C=O) groups excluding carboxylic acids is 2. The second-order valence-corrected chi connectivity index (χ2v) is 6.19. The Morgan fingerprint density at radius 3 is 2.12 bits per heavy atom. The predicted molar refractivity (Wildman–Crippen MR) is 89.8 cm³/mol. The van der Waals surface area contributed by atoms with Crippen LogP contribution in [0.1, 0.15) is 50.5 Å². The minimum absolute atomic E-state index is 0.0294. The maximum absolute atomic E-state index is 12.5. The van der Waals surface area contributed by atoms with Crippen molar-refractivity contribution in [3.63, 3.8) is 0 Å². The number of esters is 1. The highest BCUT2D eigenvalue weighted by atomic mass is 16.6. The van der Waals surface area contributed by atoms with Crippen LogP contribution in [0, 0.1) is 17.0 Å². The van der Waals surface area contributed by atoms with Crippen LogP contribution in [0.2, 0.25) is 0 Å². The van der Waals surface area contributed by atoms with Gasteiger partial charge >= 0.3 is 5.97 Å². The molecular formula is C17H24N2O5. The third-order valence-electron chi connectivity index (χ3n) is 3.72. The molecule has 0 saturated carbocycles. The fourth-order valence-corrected chi connectivity index (χ4v) is 2.63. The molecule has 0 saturated heterocycles. The summed E-state index contributed by atoms with van der Waals surface area (Å²) in [6.45, 7) is 10.5. The molecule has 1 rings (SSSR count). The quantitative estimate of drug-likeness (QED) is 0.452. The molecule has 132 valence electrons. The van der Waals surface area contributed by atoms with E-state index in [2.05, 4.69) is 0 Å². The molecule has 1 atom stereocenters.